The number of nitrogens with zero attached hydrogens (tertiary/aromatic N) is 3. The van der Waals surface area contributed by atoms with Crippen molar-refractivity contribution in [1.29, 1.82) is 0 Å². The molecule has 2 atom stereocenters. The molecule has 1 aliphatic heterocycles. The first-order valence-electron chi connectivity index (χ1n) is 13.8. The van der Waals surface area contributed by atoms with Gasteiger partial charge in [0, 0.05) is 50.0 Å². The third-order valence-corrected chi connectivity index (χ3v) is 7.80. The second kappa shape index (κ2) is 11.9. The number of rotatable bonds is 7. The fourth-order valence-electron chi connectivity index (χ4n) is 5.63. The van der Waals surface area contributed by atoms with E-state index in [4.69, 9.17) is 0 Å². The van der Waals surface area contributed by atoms with Gasteiger partial charge in [-0.15, -0.1) is 0 Å². The average molecular weight is 538 g/mol. The Labute approximate surface area is 236 Å². The number of carbonyl (C=O) groups is 1. The van der Waals surface area contributed by atoms with Gasteiger partial charge in [0.1, 0.15) is 11.6 Å². The Kier molecular flexibility index (Phi) is 8.17. The van der Waals surface area contributed by atoms with Crippen LogP contribution in [0.2, 0.25) is 0 Å². The summed E-state index contributed by atoms with van der Waals surface area (Å²) in [6.45, 7) is 7.04. The van der Waals surface area contributed by atoms with Crippen molar-refractivity contribution in [3.05, 3.63) is 125 Å². The molecule has 0 unspecified atom stereocenters. The number of anilines is 2. The Balaban J connectivity index is 1.35. The number of para-hydroxylation sites is 1. The van der Waals surface area contributed by atoms with Crippen molar-refractivity contribution in [3.8, 4) is 5.75 Å². The third-order valence-electron chi connectivity index (χ3n) is 7.80. The number of aromatic hydroxyl groups is 1. The van der Waals surface area contributed by atoms with Crippen LogP contribution in [-0.4, -0.2) is 48.1 Å². The Bertz CT molecular complexity index is 1480. The number of hydrogen-bond donors (Lipinski definition) is 1. The van der Waals surface area contributed by atoms with Crippen LogP contribution in [0.3, 0.4) is 0 Å². The number of carbonyl (C=O) groups excluding carboxylic acids is 1. The van der Waals surface area contributed by atoms with Crippen LogP contribution in [0.1, 0.15) is 40.9 Å². The summed E-state index contributed by atoms with van der Waals surface area (Å²) in [5.41, 5.74) is 5.17. The highest BCUT2D eigenvalue weighted by Gasteiger charge is 2.31. The van der Waals surface area contributed by atoms with Gasteiger partial charge in [-0.1, -0.05) is 60.7 Å². The smallest absolute Gasteiger partial charge is 0.258 e. The highest BCUT2D eigenvalue weighted by molar-refractivity contribution is 6.05. The number of amides is 1. The van der Waals surface area contributed by atoms with Gasteiger partial charge in [0.15, 0.2) is 0 Å². The Morgan fingerprint density at radius 1 is 0.875 bits per heavy atom. The predicted octanol–water partition coefficient (Wildman–Crippen LogP) is 6.50. The van der Waals surface area contributed by atoms with E-state index in [1.807, 2.05) is 30.3 Å². The van der Waals surface area contributed by atoms with Crippen LogP contribution in [0.4, 0.5) is 15.8 Å². The lowest BCUT2D eigenvalue weighted by Gasteiger charge is -2.46. The predicted molar refractivity (Wildman–Crippen MR) is 160 cm³/mol. The molecule has 0 bridgehead atoms. The fraction of sp³-hybridized carbons (Fsp3) is 0.265. The lowest BCUT2D eigenvalue weighted by atomic mass is 9.97. The summed E-state index contributed by atoms with van der Waals surface area (Å²) in [5, 5.41) is 11.0. The molecule has 5 nitrogen and oxygen atoms in total. The normalized spacial score (nSPS) is 17.6. The van der Waals surface area contributed by atoms with Gasteiger partial charge in [-0.2, -0.15) is 0 Å². The van der Waals surface area contributed by atoms with E-state index in [2.05, 4.69) is 54.0 Å². The molecule has 0 aliphatic carbocycles. The van der Waals surface area contributed by atoms with Crippen molar-refractivity contribution in [1.82, 2.24) is 4.90 Å². The zero-order valence-electron chi connectivity index (χ0n) is 23.3. The minimum Gasteiger partial charge on any atom is -0.506 e. The van der Waals surface area contributed by atoms with Crippen LogP contribution >= 0.6 is 0 Å². The zero-order valence-corrected chi connectivity index (χ0v) is 23.3. The van der Waals surface area contributed by atoms with E-state index < -0.39 is 0 Å². The number of halogens is 1. The summed E-state index contributed by atoms with van der Waals surface area (Å²) in [7, 11) is 1.65. The molecule has 1 N–H and O–H groups in total. The summed E-state index contributed by atoms with van der Waals surface area (Å²) < 4.78 is 13.7. The van der Waals surface area contributed by atoms with E-state index >= 15 is 0 Å². The van der Waals surface area contributed by atoms with E-state index in [0.717, 1.165) is 36.4 Å². The molecular weight excluding hydrogens is 501 g/mol. The van der Waals surface area contributed by atoms with Crippen molar-refractivity contribution in [3.63, 3.8) is 0 Å². The van der Waals surface area contributed by atoms with Crippen molar-refractivity contribution in [2.45, 2.75) is 38.9 Å². The first-order valence-corrected chi connectivity index (χ1v) is 13.8. The standard InChI is InChI=1S/C34H36FN3O2/c1-24-22-38(25(2)21-37(24)23-26-10-5-4-6-11-26)33-28(13-8-17-32(33)39)18-27-12-7-14-29(19-27)34(40)36(3)31-16-9-15-30(35)20-31/h4-17,19-20,24-25,39H,18,21-23H2,1-3H3/t24-,25+/m1/s1. The maximum atomic E-state index is 13.7. The van der Waals surface area contributed by atoms with Crippen LogP contribution in [0.5, 0.6) is 5.75 Å². The first-order chi connectivity index (χ1) is 19.3. The molecule has 0 aromatic heterocycles. The van der Waals surface area contributed by atoms with Crippen LogP contribution in [0, 0.1) is 5.82 Å². The molecule has 1 aliphatic rings. The number of hydrogen-bond acceptors (Lipinski definition) is 4. The van der Waals surface area contributed by atoms with Gasteiger partial charge < -0.3 is 14.9 Å². The molecule has 5 rings (SSSR count). The van der Waals surface area contributed by atoms with Gasteiger partial charge in [-0.25, -0.2) is 4.39 Å². The van der Waals surface area contributed by atoms with Gasteiger partial charge in [0.05, 0.1) is 5.69 Å². The monoisotopic (exact) mass is 537 g/mol. The van der Waals surface area contributed by atoms with Gasteiger partial charge in [-0.05, 0) is 73.4 Å². The molecule has 1 heterocycles. The molecular formula is C34H36FN3O2. The fourth-order valence-corrected chi connectivity index (χ4v) is 5.63. The van der Waals surface area contributed by atoms with E-state index in [1.54, 1.807) is 31.3 Å². The molecule has 0 saturated carbocycles. The molecule has 1 saturated heterocycles. The molecule has 4 aromatic rings. The minimum atomic E-state index is -0.383. The number of benzene rings is 4. The quantitative estimate of drug-likeness (QED) is 0.292. The highest BCUT2D eigenvalue weighted by Crippen LogP contribution is 2.36. The highest BCUT2D eigenvalue weighted by atomic mass is 19.1. The molecule has 206 valence electrons. The van der Waals surface area contributed by atoms with Crippen LogP contribution in [-0.2, 0) is 13.0 Å². The first kappa shape index (κ1) is 27.4. The second-order valence-electron chi connectivity index (χ2n) is 10.8. The largest absolute Gasteiger partial charge is 0.506 e. The molecule has 6 heteroatoms. The topological polar surface area (TPSA) is 47.0 Å². The van der Waals surface area contributed by atoms with Crippen molar-refractivity contribution < 1.29 is 14.3 Å². The van der Waals surface area contributed by atoms with Crippen LogP contribution in [0.25, 0.3) is 0 Å². The van der Waals surface area contributed by atoms with Crippen molar-refractivity contribution in [2.75, 3.05) is 29.9 Å². The lowest BCUT2D eigenvalue weighted by molar-refractivity contribution is 0.0993. The molecule has 1 fully saturated rings. The molecule has 40 heavy (non-hydrogen) atoms. The second-order valence-corrected chi connectivity index (χ2v) is 10.8. The lowest BCUT2D eigenvalue weighted by Crippen LogP contribution is -2.56. The van der Waals surface area contributed by atoms with Gasteiger partial charge in [0.25, 0.3) is 5.91 Å². The van der Waals surface area contributed by atoms with Crippen molar-refractivity contribution >= 4 is 17.3 Å². The van der Waals surface area contributed by atoms with Gasteiger partial charge in [0.2, 0.25) is 0 Å². The summed E-state index contributed by atoms with van der Waals surface area (Å²) in [4.78, 5) is 19.5. The van der Waals surface area contributed by atoms with Crippen molar-refractivity contribution in [2.24, 2.45) is 0 Å². The Morgan fingerprint density at radius 3 is 2.38 bits per heavy atom. The molecule has 0 radical (unpaired) electrons. The van der Waals surface area contributed by atoms with Gasteiger partial charge in [-0.3, -0.25) is 9.69 Å². The van der Waals surface area contributed by atoms with E-state index in [-0.39, 0.29) is 23.5 Å². The van der Waals surface area contributed by atoms with E-state index in [9.17, 15) is 14.3 Å². The maximum Gasteiger partial charge on any atom is 0.258 e. The summed E-state index contributed by atoms with van der Waals surface area (Å²) >= 11 is 0. The Hall–Kier alpha value is -4.16. The summed E-state index contributed by atoms with van der Waals surface area (Å²) in [6, 6.07) is 30.3. The maximum absolute atomic E-state index is 13.7. The molecule has 4 aromatic carbocycles. The number of piperazine rings is 1. The van der Waals surface area contributed by atoms with E-state index in [0.29, 0.717) is 23.7 Å². The zero-order chi connectivity index (χ0) is 28.2. The van der Waals surface area contributed by atoms with E-state index in [1.165, 1.54) is 22.6 Å². The summed E-state index contributed by atoms with van der Waals surface area (Å²) in [6.07, 6.45) is 0.569. The Morgan fingerprint density at radius 2 is 1.60 bits per heavy atom. The van der Waals surface area contributed by atoms with Gasteiger partial charge >= 0.3 is 0 Å². The summed E-state index contributed by atoms with van der Waals surface area (Å²) in [5.74, 6) is -0.321. The van der Waals surface area contributed by atoms with Crippen LogP contribution in [0.15, 0.2) is 97.1 Å². The third kappa shape index (κ3) is 6.02. The minimum absolute atomic E-state index is 0.208. The molecule has 0 spiro atoms. The van der Waals surface area contributed by atoms with Crippen LogP contribution < -0.4 is 9.80 Å². The average Bonchev–Trinajstić information content (AvgIpc) is 2.95. The molecule has 1 amide bonds. The number of phenols is 1. The number of phenolic OH excluding ortho intramolecular Hbond substituents is 1. The SMILES string of the molecule is C[C@@H]1CN(c2c(O)cccc2Cc2cccc(C(=O)N(C)c3cccc(F)c3)c2)[C@@H](C)CN1Cc1ccccc1.